The Kier molecular flexibility index (Phi) is 5.16. The number of rotatable bonds is 6. The van der Waals surface area contributed by atoms with Crippen molar-refractivity contribution < 1.29 is 14.7 Å². The summed E-state index contributed by atoms with van der Waals surface area (Å²) >= 11 is 0. The second-order valence-corrected chi connectivity index (χ2v) is 6.76. The normalized spacial score (nSPS) is 11.1. The number of aliphatic carboxylic acids is 1. The molecule has 0 bridgehead atoms. The smallest absolute Gasteiger partial charge is 0.323 e. The van der Waals surface area contributed by atoms with Gasteiger partial charge in [0, 0.05) is 18.1 Å². The number of carboxylic acids is 1. The molecule has 1 amide bonds. The lowest BCUT2D eigenvalue weighted by Gasteiger charge is -2.21. The first kappa shape index (κ1) is 18.5. The van der Waals surface area contributed by atoms with Crippen molar-refractivity contribution in [2.45, 2.75) is 20.8 Å². The molecule has 0 saturated heterocycles. The van der Waals surface area contributed by atoms with E-state index in [9.17, 15) is 9.59 Å². The topological polar surface area (TPSA) is 101 Å². The van der Waals surface area contributed by atoms with Crippen LogP contribution in [0.25, 0.3) is 16.6 Å². The average molecular weight is 367 g/mol. The molecule has 0 spiro atoms. The van der Waals surface area contributed by atoms with Crippen LogP contribution in [-0.4, -0.2) is 55.0 Å². The van der Waals surface area contributed by atoms with Gasteiger partial charge in [0.25, 0.3) is 5.91 Å². The number of amides is 1. The van der Waals surface area contributed by atoms with E-state index in [-0.39, 0.29) is 18.2 Å². The maximum atomic E-state index is 12.9. The molecule has 0 unspecified atom stereocenters. The van der Waals surface area contributed by atoms with Crippen LogP contribution < -0.4 is 0 Å². The zero-order chi connectivity index (χ0) is 19.6. The van der Waals surface area contributed by atoms with Gasteiger partial charge in [-0.1, -0.05) is 37.3 Å². The van der Waals surface area contributed by atoms with Gasteiger partial charge in [0.05, 0.1) is 16.9 Å². The van der Waals surface area contributed by atoms with Crippen molar-refractivity contribution in [1.82, 2.24) is 24.9 Å². The first-order chi connectivity index (χ1) is 12.9. The molecule has 0 atom stereocenters. The molecular formula is C19H21N5O3. The lowest BCUT2D eigenvalue weighted by Crippen LogP contribution is -2.38. The van der Waals surface area contributed by atoms with Crippen LogP contribution in [0, 0.1) is 12.8 Å². The lowest BCUT2D eigenvalue weighted by molar-refractivity contribution is -0.137. The van der Waals surface area contributed by atoms with Crippen molar-refractivity contribution in [3.63, 3.8) is 0 Å². The van der Waals surface area contributed by atoms with E-state index in [4.69, 9.17) is 5.11 Å². The third-order valence-electron chi connectivity index (χ3n) is 4.14. The maximum Gasteiger partial charge on any atom is 0.323 e. The molecule has 0 fully saturated rings. The molecule has 2 aromatic heterocycles. The van der Waals surface area contributed by atoms with Crippen LogP contribution in [0.15, 0.2) is 36.5 Å². The Balaban J connectivity index is 2.01. The predicted octanol–water partition coefficient (Wildman–Crippen LogP) is 2.31. The molecule has 27 heavy (non-hydrogen) atoms. The minimum Gasteiger partial charge on any atom is -0.480 e. The third kappa shape index (κ3) is 3.79. The Bertz CT molecular complexity index is 991. The summed E-state index contributed by atoms with van der Waals surface area (Å²) in [6.45, 7) is 5.54. The number of aromatic nitrogens is 4. The van der Waals surface area contributed by atoms with Crippen molar-refractivity contribution in [2.24, 2.45) is 5.92 Å². The van der Waals surface area contributed by atoms with E-state index in [2.05, 4.69) is 15.3 Å². The first-order valence-electron chi connectivity index (χ1n) is 8.66. The van der Waals surface area contributed by atoms with Crippen LogP contribution in [-0.2, 0) is 4.79 Å². The highest BCUT2D eigenvalue weighted by atomic mass is 16.4. The Hall–Kier alpha value is -3.29. The van der Waals surface area contributed by atoms with E-state index in [1.54, 1.807) is 17.8 Å². The first-order valence-corrected chi connectivity index (χ1v) is 8.66. The van der Waals surface area contributed by atoms with Crippen LogP contribution in [0.1, 0.15) is 30.0 Å². The third-order valence-corrected chi connectivity index (χ3v) is 4.14. The summed E-state index contributed by atoms with van der Waals surface area (Å²) < 4.78 is 1.57. The lowest BCUT2D eigenvalue weighted by atomic mass is 10.1. The zero-order valence-corrected chi connectivity index (χ0v) is 15.5. The Morgan fingerprint density at radius 1 is 1.22 bits per heavy atom. The summed E-state index contributed by atoms with van der Waals surface area (Å²) in [5.41, 5.74) is 2.14. The highest BCUT2D eigenvalue weighted by Crippen LogP contribution is 2.21. The van der Waals surface area contributed by atoms with Crippen LogP contribution >= 0.6 is 0 Å². The van der Waals surface area contributed by atoms with Gasteiger partial charge in [-0.3, -0.25) is 14.6 Å². The van der Waals surface area contributed by atoms with E-state index in [0.29, 0.717) is 17.9 Å². The van der Waals surface area contributed by atoms with Crippen LogP contribution in [0.2, 0.25) is 0 Å². The van der Waals surface area contributed by atoms with Crippen molar-refractivity contribution in [3.8, 4) is 5.69 Å². The van der Waals surface area contributed by atoms with Gasteiger partial charge < -0.3 is 10.0 Å². The van der Waals surface area contributed by atoms with E-state index in [1.165, 1.54) is 4.90 Å². The molecule has 0 aliphatic heterocycles. The summed E-state index contributed by atoms with van der Waals surface area (Å²) in [5, 5.41) is 18.2. The largest absolute Gasteiger partial charge is 0.480 e. The van der Waals surface area contributed by atoms with Crippen molar-refractivity contribution in [1.29, 1.82) is 0 Å². The number of para-hydroxylation sites is 1. The molecule has 0 aliphatic rings. The Morgan fingerprint density at radius 2 is 1.96 bits per heavy atom. The van der Waals surface area contributed by atoms with Crippen molar-refractivity contribution in [2.75, 3.05) is 13.1 Å². The monoisotopic (exact) mass is 367 g/mol. The second kappa shape index (κ2) is 7.53. The molecule has 2 heterocycles. The zero-order valence-electron chi connectivity index (χ0n) is 15.5. The highest BCUT2D eigenvalue weighted by molar-refractivity contribution is 5.95. The molecule has 140 valence electrons. The van der Waals surface area contributed by atoms with Gasteiger partial charge in [0.2, 0.25) is 0 Å². The predicted molar refractivity (Wildman–Crippen MR) is 99.8 cm³/mol. The number of hydrogen-bond acceptors (Lipinski definition) is 5. The molecule has 0 saturated carbocycles. The molecule has 3 rings (SSSR count). The molecule has 0 radical (unpaired) electrons. The summed E-state index contributed by atoms with van der Waals surface area (Å²) in [4.78, 5) is 29.7. The Morgan fingerprint density at radius 3 is 2.67 bits per heavy atom. The number of pyridine rings is 1. The second-order valence-electron chi connectivity index (χ2n) is 6.76. The number of nitrogens with zero attached hydrogens (tertiary/aromatic N) is 5. The molecule has 8 heteroatoms. The number of carboxylic acid groups (broad SMARTS) is 1. The van der Waals surface area contributed by atoms with Crippen LogP contribution in [0.5, 0.6) is 0 Å². The van der Waals surface area contributed by atoms with Crippen LogP contribution in [0.4, 0.5) is 0 Å². The fourth-order valence-electron chi connectivity index (χ4n) is 2.99. The molecule has 0 aliphatic carbocycles. The van der Waals surface area contributed by atoms with Gasteiger partial charge in [0.15, 0.2) is 5.69 Å². The number of carbonyl (C=O) groups excluding carboxylic acids is 1. The quantitative estimate of drug-likeness (QED) is 0.717. The SMILES string of the molecule is Cc1c(C(=O)N(CC(=O)O)CC(C)C)nnn1-c1cccc2cccnc12. The van der Waals surface area contributed by atoms with E-state index >= 15 is 0 Å². The molecule has 3 aromatic rings. The number of benzene rings is 1. The molecule has 1 N–H and O–H groups in total. The van der Waals surface area contributed by atoms with Crippen LogP contribution in [0.3, 0.4) is 0 Å². The van der Waals surface area contributed by atoms with Gasteiger partial charge >= 0.3 is 5.97 Å². The van der Waals surface area contributed by atoms with E-state index in [1.807, 2.05) is 44.2 Å². The summed E-state index contributed by atoms with van der Waals surface area (Å²) in [6.07, 6.45) is 1.70. The molecular weight excluding hydrogens is 346 g/mol. The summed E-state index contributed by atoms with van der Waals surface area (Å²) in [6, 6.07) is 9.49. The Labute approximate surface area is 156 Å². The number of carbonyl (C=O) groups is 2. The van der Waals surface area contributed by atoms with E-state index < -0.39 is 11.9 Å². The van der Waals surface area contributed by atoms with Gasteiger partial charge in [-0.25, -0.2) is 4.68 Å². The standard InChI is InChI=1S/C19H21N5O3/c1-12(2)10-23(11-16(25)26)19(27)17-13(3)24(22-21-17)15-8-4-6-14-7-5-9-20-18(14)15/h4-9,12H,10-11H2,1-3H3,(H,25,26). The number of hydrogen-bond donors (Lipinski definition) is 1. The van der Waals surface area contributed by atoms with Crippen molar-refractivity contribution in [3.05, 3.63) is 47.9 Å². The average Bonchev–Trinajstić information content (AvgIpc) is 3.00. The molecule has 8 nitrogen and oxygen atoms in total. The van der Waals surface area contributed by atoms with E-state index in [0.717, 1.165) is 10.9 Å². The summed E-state index contributed by atoms with van der Waals surface area (Å²) in [7, 11) is 0. The molecule has 1 aromatic carbocycles. The minimum absolute atomic E-state index is 0.130. The minimum atomic E-state index is -1.06. The van der Waals surface area contributed by atoms with Crippen molar-refractivity contribution >= 4 is 22.8 Å². The fourth-order valence-corrected chi connectivity index (χ4v) is 2.99. The number of fused-ring (bicyclic) bond motifs is 1. The van der Waals surface area contributed by atoms with Gasteiger partial charge in [0.1, 0.15) is 6.54 Å². The maximum absolute atomic E-state index is 12.9. The fraction of sp³-hybridized carbons (Fsp3) is 0.316. The van der Waals surface area contributed by atoms with Gasteiger partial charge in [-0.15, -0.1) is 5.10 Å². The van der Waals surface area contributed by atoms with Gasteiger partial charge in [-0.05, 0) is 25.0 Å². The van der Waals surface area contributed by atoms with Gasteiger partial charge in [-0.2, -0.15) is 0 Å². The highest BCUT2D eigenvalue weighted by Gasteiger charge is 2.25. The summed E-state index contributed by atoms with van der Waals surface area (Å²) in [5.74, 6) is -1.37.